The molecule has 1 heterocycles. The molecule has 2 N–H and O–H groups in total. The second-order valence-electron chi connectivity index (χ2n) is 4.66. The van der Waals surface area contributed by atoms with E-state index in [2.05, 4.69) is 5.10 Å². The summed E-state index contributed by atoms with van der Waals surface area (Å²) in [6, 6.07) is 1.43. The van der Waals surface area contributed by atoms with Gasteiger partial charge in [0.1, 0.15) is 5.15 Å². The number of halogens is 1. The number of hydrogen-bond acceptors (Lipinski definition) is 8. The molecule has 1 aromatic rings. The largest absolute Gasteiger partial charge is 0.465 e. The summed E-state index contributed by atoms with van der Waals surface area (Å²) in [6.07, 6.45) is 0. The Labute approximate surface area is 138 Å². The highest BCUT2D eigenvalue weighted by Crippen LogP contribution is 2.29. The fourth-order valence-electron chi connectivity index (χ4n) is 2.08. The molecule has 0 aromatic carbocycles. The van der Waals surface area contributed by atoms with Gasteiger partial charge >= 0.3 is 11.9 Å². The van der Waals surface area contributed by atoms with Crippen LogP contribution in [0, 0.1) is 5.92 Å². The van der Waals surface area contributed by atoms with Gasteiger partial charge in [-0.15, -0.1) is 0 Å². The van der Waals surface area contributed by atoms with E-state index in [-0.39, 0.29) is 29.3 Å². The van der Waals surface area contributed by atoms with Crippen LogP contribution in [0.4, 0.5) is 0 Å². The molecule has 1 rings (SSSR count). The molecule has 9 nitrogen and oxygen atoms in total. The molecule has 0 aliphatic heterocycles. The normalized spacial score (nSPS) is 12.5. The number of aryl methyl sites for hydroxylation is 1. The highest BCUT2D eigenvalue weighted by molar-refractivity contribution is 6.29. The van der Waals surface area contributed by atoms with Crippen molar-refractivity contribution in [2.45, 2.75) is 19.8 Å². The van der Waals surface area contributed by atoms with Crippen LogP contribution < -0.4 is 0 Å². The number of esters is 2. The van der Waals surface area contributed by atoms with Gasteiger partial charge in [0.15, 0.2) is 5.92 Å². The van der Waals surface area contributed by atoms with Crippen molar-refractivity contribution in [2.75, 3.05) is 19.8 Å². The highest BCUT2D eigenvalue weighted by Gasteiger charge is 2.40. The van der Waals surface area contributed by atoms with Gasteiger partial charge in [0.05, 0.1) is 25.5 Å². The second kappa shape index (κ2) is 8.82. The standard InChI is InChI=1S/C13H20ClN3O6/c1-4-22-12(18)11(13(19)23-5-2)8(7-17(20)21)9-6-10(14)16(3)15-9/h6,8,11,20-21H,4-5,7H2,1-3H3/t8-/m1/s1. The van der Waals surface area contributed by atoms with Crippen molar-refractivity contribution in [1.29, 1.82) is 0 Å². The minimum absolute atomic E-state index is 0.0619. The fourth-order valence-corrected chi connectivity index (χ4v) is 2.23. The number of aromatic nitrogens is 2. The Morgan fingerprint density at radius 1 is 1.30 bits per heavy atom. The maximum atomic E-state index is 12.2. The minimum atomic E-state index is -1.40. The zero-order chi connectivity index (χ0) is 17.6. The van der Waals surface area contributed by atoms with E-state index >= 15 is 0 Å². The topological polar surface area (TPSA) is 114 Å². The van der Waals surface area contributed by atoms with Crippen molar-refractivity contribution in [3.63, 3.8) is 0 Å². The third-order valence-corrected chi connectivity index (χ3v) is 3.42. The summed E-state index contributed by atoms with van der Waals surface area (Å²) in [4.78, 5) is 24.4. The first-order chi connectivity index (χ1) is 10.8. The Morgan fingerprint density at radius 2 is 1.83 bits per heavy atom. The highest BCUT2D eigenvalue weighted by atomic mass is 35.5. The van der Waals surface area contributed by atoms with Gasteiger partial charge in [0.2, 0.25) is 0 Å². The lowest BCUT2D eigenvalue weighted by Crippen LogP contribution is -2.38. The molecule has 1 aromatic heterocycles. The van der Waals surface area contributed by atoms with Gasteiger partial charge in [0.25, 0.3) is 0 Å². The molecule has 0 saturated heterocycles. The number of ether oxygens (including phenoxy) is 2. The van der Waals surface area contributed by atoms with Crippen molar-refractivity contribution in [1.82, 2.24) is 15.0 Å². The molecular weight excluding hydrogens is 330 g/mol. The van der Waals surface area contributed by atoms with Gasteiger partial charge in [0, 0.05) is 13.0 Å². The van der Waals surface area contributed by atoms with Gasteiger partial charge in [-0.05, 0) is 19.9 Å². The molecule has 0 saturated carbocycles. The van der Waals surface area contributed by atoms with E-state index in [1.807, 2.05) is 0 Å². The summed E-state index contributed by atoms with van der Waals surface area (Å²) >= 11 is 5.93. The lowest BCUT2D eigenvalue weighted by Gasteiger charge is -2.23. The molecule has 23 heavy (non-hydrogen) atoms. The fraction of sp³-hybridized carbons (Fsp3) is 0.615. The first-order valence-corrected chi connectivity index (χ1v) is 7.37. The van der Waals surface area contributed by atoms with Gasteiger partial charge in [-0.1, -0.05) is 16.8 Å². The summed E-state index contributed by atoms with van der Waals surface area (Å²) in [5.41, 5.74) is 0.233. The van der Waals surface area contributed by atoms with Crippen LogP contribution in [0.3, 0.4) is 0 Å². The third-order valence-electron chi connectivity index (χ3n) is 3.06. The van der Waals surface area contributed by atoms with Gasteiger partial charge < -0.3 is 9.47 Å². The smallest absolute Gasteiger partial charge is 0.321 e. The summed E-state index contributed by atoms with van der Waals surface area (Å²) in [7, 11) is 1.57. The molecule has 0 spiro atoms. The zero-order valence-corrected chi connectivity index (χ0v) is 13.9. The monoisotopic (exact) mass is 349 g/mol. The number of nitrogens with zero attached hydrogens (tertiary/aromatic N) is 3. The van der Waals surface area contributed by atoms with Gasteiger partial charge in [-0.2, -0.15) is 5.10 Å². The van der Waals surface area contributed by atoms with Crippen molar-refractivity contribution < 1.29 is 29.5 Å². The summed E-state index contributed by atoms with van der Waals surface area (Å²) in [6.45, 7) is 2.85. The number of rotatable bonds is 8. The van der Waals surface area contributed by atoms with Crippen LogP contribution in [0.2, 0.25) is 5.15 Å². The zero-order valence-electron chi connectivity index (χ0n) is 13.1. The van der Waals surface area contributed by atoms with E-state index in [0.717, 1.165) is 0 Å². The van der Waals surface area contributed by atoms with E-state index < -0.39 is 30.3 Å². The lowest BCUT2D eigenvalue weighted by atomic mass is 9.89. The van der Waals surface area contributed by atoms with Crippen LogP contribution in [-0.2, 0) is 26.1 Å². The Hall–Kier alpha value is -1.68. The number of carbonyl (C=O) groups is 2. The first kappa shape index (κ1) is 19.4. The SMILES string of the molecule is CCOC(=O)C(C(=O)OCC)[C@H](CN(O)O)c1cc(Cl)n(C)n1. The molecule has 0 unspecified atom stereocenters. The predicted molar refractivity (Wildman–Crippen MR) is 78.0 cm³/mol. The van der Waals surface area contributed by atoms with Crippen LogP contribution in [0.5, 0.6) is 0 Å². The first-order valence-electron chi connectivity index (χ1n) is 6.99. The lowest BCUT2D eigenvalue weighted by molar-refractivity contribution is -0.309. The molecule has 10 heteroatoms. The molecule has 0 aliphatic rings. The molecule has 0 fully saturated rings. The summed E-state index contributed by atoms with van der Waals surface area (Å²) in [5, 5.41) is 22.5. The second-order valence-corrected chi connectivity index (χ2v) is 5.05. The predicted octanol–water partition coefficient (Wildman–Crippen LogP) is 0.980. The van der Waals surface area contributed by atoms with Crippen LogP contribution in [0.1, 0.15) is 25.5 Å². The number of hydrogen-bond donors (Lipinski definition) is 2. The van der Waals surface area contributed by atoms with Gasteiger partial charge in [-0.3, -0.25) is 24.7 Å². The Balaban J connectivity index is 3.24. The molecular formula is C13H20ClN3O6. The molecule has 1 atom stereocenters. The van der Waals surface area contributed by atoms with Crippen molar-refractivity contribution >= 4 is 23.5 Å². The van der Waals surface area contributed by atoms with Crippen LogP contribution in [-0.4, -0.2) is 57.1 Å². The molecule has 0 aliphatic carbocycles. The average Bonchev–Trinajstić information content (AvgIpc) is 2.78. The van der Waals surface area contributed by atoms with Gasteiger partial charge in [-0.25, -0.2) is 0 Å². The van der Waals surface area contributed by atoms with Crippen LogP contribution in [0.15, 0.2) is 6.07 Å². The molecule has 130 valence electrons. The molecule has 0 bridgehead atoms. The summed E-state index contributed by atoms with van der Waals surface area (Å²) in [5.74, 6) is -4.08. The molecule has 0 amide bonds. The van der Waals surface area contributed by atoms with E-state index in [9.17, 15) is 9.59 Å². The Morgan fingerprint density at radius 3 is 2.17 bits per heavy atom. The number of carbonyl (C=O) groups excluding carboxylic acids is 2. The quantitative estimate of drug-likeness (QED) is 0.405. The van der Waals surface area contributed by atoms with Crippen molar-refractivity contribution in [2.24, 2.45) is 13.0 Å². The number of hydroxylamine groups is 2. The van der Waals surface area contributed by atoms with Crippen molar-refractivity contribution in [3.8, 4) is 0 Å². The van der Waals surface area contributed by atoms with E-state index in [1.54, 1.807) is 20.9 Å². The third kappa shape index (κ3) is 5.17. The maximum Gasteiger partial charge on any atom is 0.321 e. The minimum Gasteiger partial charge on any atom is -0.465 e. The van der Waals surface area contributed by atoms with Crippen LogP contribution >= 0.6 is 11.6 Å². The summed E-state index contributed by atoms with van der Waals surface area (Å²) < 4.78 is 11.1. The van der Waals surface area contributed by atoms with Crippen molar-refractivity contribution in [3.05, 3.63) is 16.9 Å². The average molecular weight is 350 g/mol. The van der Waals surface area contributed by atoms with E-state index in [0.29, 0.717) is 0 Å². The maximum absolute atomic E-state index is 12.2. The van der Waals surface area contributed by atoms with E-state index in [1.165, 1.54) is 10.7 Å². The van der Waals surface area contributed by atoms with Crippen LogP contribution in [0.25, 0.3) is 0 Å². The molecule has 0 radical (unpaired) electrons. The Bertz CT molecular complexity index is 510. The van der Waals surface area contributed by atoms with E-state index in [4.69, 9.17) is 31.5 Å². The Kier molecular flexibility index (Phi) is 7.43.